The Morgan fingerprint density at radius 2 is 1.74 bits per heavy atom. The predicted molar refractivity (Wildman–Crippen MR) is 90.3 cm³/mol. The van der Waals surface area contributed by atoms with Gasteiger partial charge in [0.2, 0.25) is 0 Å². The zero-order chi connectivity index (χ0) is 13.7. The first kappa shape index (κ1) is 15.3. The van der Waals surface area contributed by atoms with Crippen molar-refractivity contribution in [3.63, 3.8) is 0 Å². The maximum Gasteiger partial charge on any atom is 0.0321 e. The van der Waals surface area contributed by atoms with Crippen LogP contribution in [-0.2, 0) is 12.8 Å². The van der Waals surface area contributed by atoms with Crippen LogP contribution in [0.15, 0.2) is 24.3 Å². The van der Waals surface area contributed by atoms with E-state index < -0.39 is 0 Å². The zero-order valence-corrected chi connectivity index (χ0v) is 13.6. The van der Waals surface area contributed by atoms with E-state index in [9.17, 15) is 0 Å². The molecule has 0 aliphatic carbocycles. The van der Waals surface area contributed by atoms with Crippen molar-refractivity contribution in [2.45, 2.75) is 49.7 Å². The Labute approximate surface area is 126 Å². The summed E-state index contributed by atoms with van der Waals surface area (Å²) in [4.78, 5) is 0. The molecular weight excluding hydrogens is 270 g/mol. The van der Waals surface area contributed by atoms with Gasteiger partial charge in [-0.3, -0.25) is 0 Å². The van der Waals surface area contributed by atoms with Gasteiger partial charge in [0, 0.05) is 28.0 Å². The number of hydrogen-bond donors (Lipinski definition) is 1. The molecule has 3 unspecified atom stereocenters. The van der Waals surface area contributed by atoms with Crippen molar-refractivity contribution in [2.24, 2.45) is 5.73 Å². The summed E-state index contributed by atoms with van der Waals surface area (Å²) in [7, 11) is 0. The highest BCUT2D eigenvalue weighted by Gasteiger charge is 2.29. The van der Waals surface area contributed by atoms with Crippen molar-refractivity contribution in [3.8, 4) is 0 Å². The summed E-state index contributed by atoms with van der Waals surface area (Å²) < 4.78 is 0. The van der Waals surface area contributed by atoms with Crippen LogP contribution < -0.4 is 5.73 Å². The van der Waals surface area contributed by atoms with E-state index in [1.807, 2.05) is 0 Å². The fourth-order valence-electron chi connectivity index (χ4n) is 2.63. The van der Waals surface area contributed by atoms with Crippen LogP contribution in [-0.4, -0.2) is 28.0 Å². The van der Waals surface area contributed by atoms with E-state index in [2.05, 4.69) is 61.6 Å². The van der Waals surface area contributed by atoms with Crippen molar-refractivity contribution < 1.29 is 0 Å². The number of aryl methyl sites for hydroxylation is 1. The lowest BCUT2D eigenvalue weighted by Gasteiger charge is -2.34. The third kappa shape index (κ3) is 4.17. The van der Waals surface area contributed by atoms with Gasteiger partial charge in [-0.1, -0.05) is 38.1 Å². The molecule has 0 bridgehead atoms. The first-order valence-corrected chi connectivity index (χ1v) is 9.41. The average molecular weight is 296 g/mol. The normalized spacial score (nSPS) is 25.2. The average Bonchev–Trinajstić information content (AvgIpc) is 2.48. The highest BCUT2D eigenvalue weighted by molar-refractivity contribution is 8.07. The van der Waals surface area contributed by atoms with Gasteiger partial charge in [-0.05, 0) is 30.4 Å². The van der Waals surface area contributed by atoms with Crippen molar-refractivity contribution in [1.29, 1.82) is 0 Å². The molecule has 0 saturated carbocycles. The molecule has 1 heterocycles. The predicted octanol–water partition coefficient (Wildman–Crippen LogP) is 3.75. The van der Waals surface area contributed by atoms with E-state index in [0.717, 1.165) is 18.1 Å². The molecule has 1 fully saturated rings. The molecule has 0 amide bonds. The van der Waals surface area contributed by atoms with Gasteiger partial charge in [-0.25, -0.2) is 0 Å². The lowest BCUT2D eigenvalue weighted by Crippen LogP contribution is -2.43. The highest BCUT2D eigenvalue weighted by Crippen LogP contribution is 2.35. The standard InChI is InChI=1S/C16H25NS2/c1-3-12-5-7-13(8-6-12)11-14(17)16-15(4-2)18-9-10-19-16/h5-8,14-16H,3-4,9-11,17H2,1-2H3. The summed E-state index contributed by atoms with van der Waals surface area (Å²) in [5.74, 6) is 2.55. The molecule has 0 aromatic heterocycles. The molecule has 19 heavy (non-hydrogen) atoms. The fourth-order valence-corrected chi connectivity index (χ4v) is 5.83. The molecule has 106 valence electrons. The lowest BCUT2D eigenvalue weighted by molar-refractivity contribution is 0.597. The number of rotatable bonds is 5. The van der Waals surface area contributed by atoms with E-state index in [1.54, 1.807) is 0 Å². The minimum absolute atomic E-state index is 0.287. The van der Waals surface area contributed by atoms with Gasteiger partial charge < -0.3 is 5.73 Å². The van der Waals surface area contributed by atoms with Gasteiger partial charge in [0.1, 0.15) is 0 Å². The molecule has 1 aliphatic rings. The van der Waals surface area contributed by atoms with Gasteiger partial charge in [0.15, 0.2) is 0 Å². The van der Waals surface area contributed by atoms with Crippen molar-refractivity contribution in [3.05, 3.63) is 35.4 Å². The first-order chi connectivity index (χ1) is 9.24. The van der Waals surface area contributed by atoms with Gasteiger partial charge in [0.25, 0.3) is 0 Å². The molecule has 2 N–H and O–H groups in total. The maximum absolute atomic E-state index is 6.48. The van der Waals surface area contributed by atoms with Crippen molar-refractivity contribution >= 4 is 23.5 Å². The molecule has 0 spiro atoms. The van der Waals surface area contributed by atoms with Crippen LogP contribution in [0.2, 0.25) is 0 Å². The van der Waals surface area contributed by atoms with E-state index in [1.165, 1.54) is 29.1 Å². The summed E-state index contributed by atoms with van der Waals surface area (Å²) in [6, 6.07) is 9.26. The van der Waals surface area contributed by atoms with Crippen LogP contribution in [0, 0.1) is 0 Å². The van der Waals surface area contributed by atoms with E-state index in [-0.39, 0.29) is 6.04 Å². The lowest BCUT2D eigenvalue weighted by atomic mass is 9.99. The van der Waals surface area contributed by atoms with Crippen LogP contribution in [0.4, 0.5) is 0 Å². The molecule has 2 rings (SSSR count). The van der Waals surface area contributed by atoms with Crippen LogP contribution >= 0.6 is 23.5 Å². The van der Waals surface area contributed by atoms with Crippen LogP contribution in [0.25, 0.3) is 0 Å². The first-order valence-electron chi connectivity index (χ1n) is 7.31. The molecule has 3 heteroatoms. The maximum atomic E-state index is 6.48. The Hall–Kier alpha value is -0.120. The summed E-state index contributed by atoms with van der Waals surface area (Å²) in [6.07, 6.45) is 3.36. The molecular formula is C16H25NS2. The summed E-state index contributed by atoms with van der Waals surface area (Å²) in [5.41, 5.74) is 9.28. The molecule has 0 radical (unpaired) electrons. The molecule has 1 aromatic carbocycles. The van der Waals surface area contributed by atoms with Crippen molar-refractivity contribution in [2.75, 3.05) is 11.5 Å². The van der Waals surface area contributed by atoms with Gasteiger partial charge in [0.05, 0.1) is 0 Å². The molecule has 3 atom stereocenters. The van der Waals surface area contributed by atoms with E-state index in [0.29, 0.717) is 5.25 Å². The molecule has 1 aromatic rings. The van der Waals surface area contributed by atoms with Crippen LogP contribution in [0.5, 0.6) is 0 Å². The second-order valence-electron chi connectivity index (χ2n) is 5.19. The number of benzene rings is 1. The Morgan fingerprint density at radius 1 is 1.11 bits per heavy atom. The minimum Gasteiger partial charge on any atom is -0.326 e. The fraction of sp³-hybridized carbons (Fsp3) is 0.625. The Bertz CT molecular complexity index is 377. The minimum atomic E-state index is 0.287. The van der Waals surface area contributed by atoms with Crippen molar-refractivity contribution in [1.82, 2.24) is 0 Å². The smallest absolute Gasteiger partial charge is 0.0321 e. The summed E-state index contributed by atoms with van der Waals surface area (Å²) in [5, 5.41) is 1.36. The largest absolute Gasteiger partial charge is 0.326 e. The van der Waals surface area contributed by atoms with Gasteiger partial charge >= 0.3 is 0 Å². The van der Waals surface area contributed by atoms with Crippen LogP contribution in [0.3, 0.4) is 0 Å². The van der Waals surface area contributed by atoms with E-state index >= 15 is 0 Å². The number of nitrogens with two attached hydrogens (primary N) is 1. The number of hydrogen-bond acceptors (Lipinski definition) is 3. The van der Waals surface area contributed by atoms with Gasteiger partial charge in [-0.15, -0.1) is 0 Å². The van der Waals surface area contributed by atoms with Crippen LogP contribution in [0.1, 0.15) is 31.4 Å². The highest BCUT2D eigenvalue weighted by atomic mass is 32.2. The third-order valence-corrected chi connectivity index (χ3v) is 7.25. The third-order valence-electron chi connectivity index (χ3n) is 3.82. The SMILES string of the molecule is CCc1ccc(CC(N)C2SCCSC2CC)cc1. The molecule has 1 nitrogen and oxygen atoms in total. The number of thioether (sulfide) groups is 2. The zero-order valence-electron chi connectivity index (χ0n) is 12.0. The summed E-state index contributed by atoms with van der Waals surface area (Å²) >= 11 is 4.20. The Kier molecular flexibility index (Phi) is 6.11. The second kappa shape index (κ2) is 7.61. The quantitative estimate of drug-likeness (QED) is 0.896. The topological polar surface area (TPSA) is 26.0 Å². The van der Waals surface area contributed by atoms with E-state index in [4.69, 9.17) is 5.73 Å². The molecule has 1 saturated heterocycles. The van der Waals surface area contributed by atoms with Gasteiger partial charge in [-0.2, -0.15) is 23.5 Å². The summed E-state index contributed by atoms with van der Waals surface area (Å²) in [6.45, 7) is 4.49. The Balaban J connectivity index is 1.96. The molecule has 1 aliphatic heterocycles. The monoisotopic (exact) mass is 295 g/mol. The second-order valence-corrected chi connectivity index (χ2v) is 7.82. The Morgan fingerprint density at radius 3 is 2.37 bits per heavy atom.